The molecule has 1 unspecified atom stereocenters. The first-order valence-corrected chi connectivity index (χ1v) is 6.93. The molecule has 0 fully saturated rings. The molecule has 2 aromatic rings. The molecule has 2 rings (SSSR count). The molecule has 6 heteroatoms. The Morgan fingerprint density at radius 1 is 1.13 bits per heavy atom. The topological polar surface area (TPSA) is 57.6 Å². The first-order valence-electron chi connectivity index (χ1n) is 6.93. The van der Waals surface area contributed by atoms with Gasteiger partial charge < -0.3 is 10.0 Å². The van der Waals surface area contributed by atoms with Crippen LogP contribution >= 0.6 is 0 Å². The zero-order valence-electron chi connectivity index (χ0n) is 12.4. The second-order valence-electron chi connectivity index (χ2n) is 5.06. The number of carboxylic acid groups (broad SMARTS) is 1. The predicted molar refractivity (Wildman–Crippen MR) is 79.8 cm³/mol. The van der Waals surface area contributed by atoms with Crippen LogP contribution in [0.25, 0.3) is 0 Å². The van der Waals surface area contributed by atoms with Crippen LogP contribution in [-0.2, 0) is 11.3 Å². The van der Waals surface area contributed by atoms with E-state index in [9.17, 15) is 23.5 Å². The fourth-order valence-electron chi connectivity index (χ4n) is 2.12. The second kappa shape index (κ2) is 7.00. The van der Waals surface area contributed by atoms with Gasteiger partial charge in [0.25, 0.3) is 5.91 Å². The van der Waals surface area contributed by atoms with Crippen molar-refractivity contribution in [1.29, 1.82) is 0 Å². The number of carbonyl (C=O) groups excluding carboxylic acids is 1. The minimum Gasteiger partial charge on any atom is -0.480 e. The van der Waals surface area contributed by atoms with E-state index in [0.29, 0.717) is 11.6 Å². The van der Waals surface area contributed by atoms with Crippen molar-refractivity contribution < 1.29 is 23.5 Å². The Kier molecular flexibility index (Phi) is 5.05. The van der Waals surface area contributed by atoms with Crippen LogP contribution in [0.2, 0.25) is 0 Å². The Morgan fingerprint density at radius 3 is 2.35 bits per heavy atom. The molecule has 0 spiro atoms. The molecule has 23 heavy (non-hydrogen) atoms. The number of hydrogen-bond acceptors (Lipinski definition) is 2. The van der Waals surface area contributed by atoms with Crippen LogP contribution in [0.5, 0.6) is 0 Å². The van der Waals surface area contributed by atoms with Crippen LogP contribution in [-0.4, -0.2) is 27.9 Å². The van der Waals surface area contributed by atoms with E-state index >= 15 is 0 Å². The summed E-state index contributed by atoms with van der Waals surface area (Å²) in [7, 11) is 0. The van der Waals surface area contributed by atoms with Gasteiger partial charge in [-0.05, 0) is 24.6 Å². The maximum Gasteiger partial charge on any atom is 0.326 e. The minimum atomic E-state index is -1.21. The second-order valence-corrected chi connectivity index (χ2v) is 5.06. The summed E-state index contributed by atoms with van der Waals surface area (Å²) in [4.78, 5) is 24.8. The monoisotopic (exact) mass is 319 g/mol. The highest BCUT2D eigenvalue weighted by atomic mass is 19.1. The molecule has 0 saturated carbocycles. The Hall–Kier alpha value is -2.76. The number of amides is 1. The number of aliphatic carboxylic acids is 1. The SMILES string of the molecule is CC(C(=O)O)N(Cc1ccccc1)C(=O)c1ccc(F)cc1F. The van der Waals surface area contributed by atoms with Crippen LogP contribution in [0.4, 0.5) is 8.78 Å². The van der Waals surface area contributed by atoms with E-state index in [1.54, 1.807) is 30.3 Å². The van der Waals surface area contributed by atoms with Crippen molar-refractivity contribution in [3.63, 3.8) is 0 Å². The lowest BCUT2D eigenvalue weighted by Gasteiger charge is -2.27. The molecular weight excluding hydrogens is 304 g/mol. The third-order valence-electron chi connectivity index (χ3n) is 3.44. The van der Waals surface area contributed by atoms with E-state index in [2.05, 4.69) is 0 Å². The van der Waals surface area contributed by atoms with E-state index in [0.717, 1.165) is 17.0 Å². The fourth-order valence-corrected chi connectivity index (χ4v) is 2.12. The van der Waals surface area contributed by atoms with Crippen molar-refractivity contribution in [2.24, 2.45) is 0 Å². The Bertz CT molecular complexity index is 719. The van der Waals surface area contributed by atoms with Gasteiger partial charge in [-0.15, -0.1) is 0 Å². The van der Waals surface area contributed by atoms with E-state index in [1.807, 2.05) is 0 Å². The molecule has 4 nitrogen and oxygen atoms in total. The van der Waals surface area contributed by atoms with Gasteiger partial charge >= 0.3 is 5.97 Å². The van der Waals surface area contributed by atoms with Gasteiger partial charge in [0.2, 0.25) is 0 Å². The van der Waals surface area contributed by atoms with Crippen LogP contribution in [0.1, 0.15) is 22.8 Å². The average Bonchev–Trinajstić information content (AvgIpc) is 2.52. The molecule has 1 amide bonds. The first kappa shape index (κ1) is 16.6. The maximum absolute atomic E-state index is 13.8. The van der Waals surface area contributed by atoms with Crippen LogP contribution in [0, 0.1) is 11.6 Å². The molecule has 0 radical (unpaired) electrons. The average molecular weight is 319 g/mol. The molecule has 0 aliphatic heterocycles. The largest absolute Gasteiger partial charge is 0.480 e. The molecule has 120 valence electrons. The van der Waals surface area contributed by atoms with Gasteiger partial charge in [-0.1, -0.05) is 30.3 Å². The number of hydrogen-bond donors (Lipinski definition) is 1. The van der Waals surface area contributed by atoms with Crippen LogP contribution < -0.4 is 0 Å². The van der Waals surface area contributed by atoms with Gasteiger partial charge in [-0.3, -0.25) is 4.79 Å². The van der Waals surface area contributed by atoms with Crippen LogP contribution in [0.15, 0.2) is 48.5 Å². The predicted octanol–water partition coefficient (Wildman–Crippen LogP) is 3.08. The normalized spacial score (nSPS) is 11.8. The number of benzene rings is 2. The van der Waals surface area contributed by atoms with Crippen molar-refractivity contribution in [2.75, 3.05) is 0 Å². The lowest BCUT2D eigenvalue weighted by Crippen LogP contribution is -2.43. The fraction of sp³-hybridized carbons (Fsp3) is 0.176. The number of halogens is 2. The summed E-state index contributed by atoms with van der Waals surface area (Å²) in [6, 6.07) is 10.2. The van der Waals surface area contributed by atoms with Gasteiger partial charge in [0, 0.05) is 12.6 Å². The molecule has 0 aliphatic carbocycles. The zero-order valence-corrected chi connectivity index (χ0v) is 12.4. The van der Waals surface area contributed by atoms with Crippen molar-refractivity contribution >= 4 is 11.9 Å². The Balaban J connectivity index is 2.36. The van der Waals surface area contributed by atoms with E-state index in [-0.39, 0.29) is 12.1 Å². The third kappa shape index (κ3) is 3.91. The van der Waals surface area contributed by atoms with Crippen molar-refractivity contribution in [3.8, 4) is 0 Å². The zero-order chi connectivity index (χ0) is 17.0. The Morgan fingerprint density at radius 2 is 1.78 bits per heavy atom. The quantitative estimate of drug-likeness (QED) is 0.921. The summed E-state index contributed by atoms with van der Waals surface area (Å²) in [5.74, 6) is -3.84. The number of rotatable bonds is 5. The van der Waals surface area contributed by atoms with Gasteiger partial charge in [-0.2, -0.15) is 0 Å². The number of carbonyl (C=O) groups is 2. The first-order chi connectivity index (χ1) is 10.9. The molecule has 0 saturated heterocycles. The molecule has 0 aliphatic rings. The molecule has 0 heterocycles. The van der Waals surface area contributed by atoms with Crippen molar-refractivity contribution in [1.82, 2.24) is 4.90 Å². The standard InChI is InChI=1S/C17H15F2NO3/c1-11(17(22)23)20(10-12-5-3-2-4-6-12)16(21)14-8-7-13(18)9-15(14)19/h2-9,11H,10H2,1H3,(H,22,23). The third-order valence-corrected chi connectivity index (χ3v) is 3.44. The lowest BCUT2D eigenvalue weighted by molar-refractivity contribution is -0.141. The van der Waals surface area contributed by atoms with Gasteiger partial charge in [-0.25, -0.2) is 13.6 Å². The summed E-state index contributed by atoms with van der Waals surface area (Å²) in [5, 5.41) is 9.19. The highest BCUT2D eigenvalue weighted by molar-refractivity contribution is 5.96. The summed E-state index contributed by atoms with van der Waals surface area (Å²) in [5.41, 5.74) is 0.340. The van der Waals surface area contributed by atoms with Gasteiger partial charge in [0.05, 0.1) is 5.56 Å². The van der Waals surface area contributed by atoms with Gasteiger partial charge in [0.15, 0.2) is 0 Å². The van der Waals surface area contributed by atoms with Gasteiger partial charge in [0.1, 0.15) is 17.7 Å². The molecule has 0 aromatic heterocycles. The van der Waals surface area contributed by atoms with Crippen molar-refractivity contribution in [2.45, 2.75) is 19.5 Å². The summed E-state index contributed by atoms with van der Waals surface area (Å²) in [6.07, 6.45) is 0. The smallest absolute Gasteiger partial charge is 0.326 e. The van der Waals surface area contributed by atoms with Crippen molar-refractivity contribution in [3.05, 3.63) is 71.3 Å². The van der Waals surface area contributed by atoms with Crippen LogP contribution in [0.3, 0.4) is 0 Å². The van der Waals surface area contributed by atoms with E-state index < -0.39 is 29.6 Å². The molecule has 0 bridgehead atoms. The summed E-state index contributed by atoms with van der Waals surface area (Å²) < 4.78 is 26.8. The highest BCUT2D eigenvalue weighted by Crippen LogP contribution is 2.17. The number of carboxylic acids is 1. The minimum absolute atomic E-state index is 0.00393. The summed E-state index contributed by atoms with van der Waals surface area (Å²) >= 11 is 0. The molecule has 1 atom stereocenters. The molecule has 1 N–H and O–H groups in total. The molecule has 2 aromatic carbocycles. The highest BCUT2D eigenvalue weighted by Gasteiger charge is 2.28. The Labute approximate surface area is 132 Å². The van der Waals surface area contributed by atoms with E-state index in [1.165, 1.54) is 6.92 Å². The summed E-state index contributed by atoms with van der Waals surface area (Å²) in [6.45, 7) is 1.34. The lowest BCUT2D eigenvalue weighted by atomic mass is 10.1. The maximum atomic E-state index is 13.8. The number of nitrogens with zero attached hydrogens (tertiary/aromatic N) is 1. The van der Waals surface area contributed by atoms with E-state index in [4.69, 9.17) is 0 Å². The molecular formula is C17H15F2NO3.